The van der Waals surface area contributed by atoms with Gasteiger partial charge in [0.1, 0.15) is 11.6 Å². The Kier molecular flexibility index (Phi) is 5.19. The molecule has 0 aliphatic rings. The largest absolute Gasteiger partial charge is 0.433 e. The SMILES string of the molecule is FC(F)Oc1ccc(CNc2ncc(C(F)(F)F)cc2Cl)nc1. The molecule has 124 valence electrons. The Morgan fingerprint density at radius 1 is 1.17 bits per heavy atom. The molecular weight excluding hydrogens is 345 g/mol. The van der Waals surface area contributed by atoms with Gasteiger partial charge in [0, 0.05) is 6.20 Å². The first kappa shape index (κ1) is 17.2. The second kappa shape index (κ2) is 6.95. The van der Waals surface area contributed by atoms with Crippen LogP contribution in [0.3, 0.4) is 0 Å². The molecule has 10 heteroatoms. The summed E-state index contributed by atoms with van der Waals surface area (Å²) >= 11 is 5.74. The number of aromatic nitrogens is 2. The van der Waals surface area contributed by atoms with Crippen LogP contribution < -0.4 is 10.1 Å². The number of nitrogens with one attached hydrogen (secondary N) is 1. The van der Waals surface area contributed by atoms with Gasteiger partial charge in [0.05, 0.1) is 29.0 Å². The van der Waals surface area contributed by atoms with Gasteiger partial charge in [-0.25, -0.2) is 4.98 Å². The number of ether oxygens (including phenoxy) is 1. The minimum Gasteiger partial charge on any atom is -0.433 e. The van der Waals surface area contributed by atoms with Crippen molar-refractivity contribution < 1.29 is 26.7 Å². The maximum Gasteiger partial charge on any atom is 0.417 e. The van der Waals surface area contributed by atoms with Gasteiger partial charge < -0.3 is 10.1 Å². The van der Waals surface area contributed by atoms with Gasteiger partial charge in [-0.15, -0.1) is 0 Å². The van der Waals surface area contributed by atoms with Crippen molar-refractivity contribution in [2.45, 2.75) is 19.3 Å². The van der Waals surface area contributed by atoms with Crippen molar-refractivity contribution in [1.82, 2.24) is 9.97 Å². The fraction of sp³-hybridized carbons (Fsp3) is 0.231. The van der Waals surface area contributed by atoms with Gasteiger partial charge in [0.2, 0.25) is 0 Å². The lowest BCUT2D eigenvalue weighted by Crippen LogP contribution is -2.08. The van der Waals surface area contributed by atoms with Gasteiger partial charge in [-0.3, -0.25) is 4.98 Å². The number of hydrogen-bond acceptors (Lipinski definition) is 4. The molecule has 0 bridgehead atoms. The monoisotopic (exact) mass is 353 g/mol. The number of nitrogens with zero attached hydrogens (tertiary/aromatic N) is 2. The smallest absolute Gasteiger partial charge is 0.417 e. The molecule has 0 aliphatic heterocycles. The highest BCUT2D eigenvalue weighted by Crippen LogP contribution is 2.32. The van der Waals surface area contributed by atoms with Crippen LogP contribution in [-0.2, 0) is 12.7 Å². The van der Waals surface area contributed by atoms with E-state index in [0.717, 1.165) is 12.3 Å². The molecule has 0 saturated carbocycles. The maximum atomic E-state index is 12.5. The number of rotatable bonds is 5. The Bertz CT molecular complexity index is 664. The number of halogens is 6. The maximum absolute atomic E-state index is 12.5. The average molecular weight is 354 g/mol. The molecule has 2 aromatic heterocycles. The van der Waals surface area contributed by atoms with Gasteiger partial charge in [0.25, 0.3) is 0 Å². The molecule has 2 heterocycles. The summed E-state index contributed by atoms with van der Waals surface area (Å²) < 4.78 is 65.6. The molecular formula is C13H9ClF5N3O. The van der Waals surface area contributed by atoms with Crippen molar-refractivity contribution in [3.63, 3.8) is 0 Å². The molecule has 2 rings (SSSR count). The summed E-state index contributed by atoms with van der Waals surface area (Å²) in [7, 11) is 0. The lowest BCUT2D eigenvalue weighted by Gasteiger charge is -2.11. The molecule has 0 spiro atoms. The zero-order chi connectivity index (χ0) is 17.0. The summed E-state index contributed by atoms with van der Waals surface area (Å²) in [6, 6.07) is 3.46. The first-order valence-corrected chi connectivity index (χ1v) is 6.50. The summed E-state index contributed by atoms with van der Waals surface area (Å²) in [6.07, 6.45) is -2.77. The van der Waals surface area contributed by atoms with Crippen LogP contribution >= 0.6 is 11.6 Å². The topological polar surface area (TPSA) is 47.0 Å². The van der Waals surface area contributed by atoms with Crippen LogP contribution in [0.1, 0.15) is 11.3 Å². The molecule has 4 nitrogen and oxygen atoms in total. The van der Waals surface area contributed by atoms with Crippen molar-refractivity contribution in [3.05, 3.63) is 46.9 Å². The molecule has 0 aromatic carbocycles. The van der Waals surface area contributed by atoms with Crippen LogP contribution in [0.5, 0.6) is 5.75 Å². The standard InChI is InChI=1S/C13H9ClF5N3O/c14-10-3-7(13(17,18)19)4-21-11(10)22-5-8-1-2-9(6-20-8)23-12(15)16/h1-4,6,12H,5H2,(H,21,22). The number of hydrogen-bond donors (Lipinski definition) is 1. The highest BCUT2D eigenvalue weighted by molar-refractivity contribution is 6.32. The summed E-state index contributed by atoms with van der Waals surface area (Å²) in [4.78, 5) is 7.46. The molecule has 0 unspecified atom stereocenters. The van der Waals surface area contributed by atoms with Crippen LogP contribution in [0.25, 0.3) is 0 Å². The lowest BCUT2D eigenvalue weighted by atomic mass is 10.2. The van der Waals surface area contributed by atoms with Crippen LogP contribution in [-0.4, -0.2) is 16.6 Å². The summed E-state index contributed by atoms with van der Waals surface area (Å²) in [5, 5.41) is 2.51. The van der Waals surface area contributed by atoms with Crippen molar-refractivity contribution in [2.24, 2.45) is 0 Å². The van der Waals surface area contributed by atoms with E-state index >= 15 is 0 Å². The number of anilines is 1. The van der Waals surface area contributed by atoms with Gasteiger partial charge in [-0.2, -0.15) is 22.0 Å². The highest BCUT2D eigenvalue weighted by Gasteiger charge is 2.31. The van der Waals surface area contributed by atoms with E-state index in [1.807, 2.05) is 0 Å². The Balaban J connectivity index is 2.01. The van der Waals surface area contributed by atoms with Gasteiger partial charge in [-0.05, 0) is 18.2 Å². The Morgan fingerprint density at radius 3 is 2.43 bits per heavy atom. The van der Waals surface area contributed by atoms with Gasteiger partial charge in [-0.1, -0.05) is 11.6 Å². The lowest BCUT2D eigenvalue weighted by molar-refractivity contribution is -0.137. The molecule has 2 aromatic rings. The summed E-state index contributed by atoms with van der Waals surface area (Å²) in [5.41, 5.74) is -0.524. The van der Waals surface area contributed by atoms with E-state index in [9.17, 15) is 22.0 Å². The van der Waals surface area contributed by atoms with E-state index in [1.165, 1.54) is 12.1 Å². The van der Waals surface area contributed by atoms with Crippen molar-refractivity contribution in [2.75, 3.05) is 5.32 Å². The molecule has 0 saturated heterocycles. The third-order valence-corrected chi connectivity index (χ3v) is 2.92. The first-order valence-electron chi connectivity index (χ1n) is 6.12. The van der Waals surface area contributed by atoms with E-state index in [2.05, 4.69) is 20.0 Å². The molecule has 0 radical (unpaired) electrons. The van der Waals surface area contributed by atoms with Crippen LogP contribution in [0.2, 0.25) is 5.02 Å². The molecule has 0 fully saturated rings. The Hall–Kier alpha value is -2.16. The highest BCUT2D eigenvalue weighted by atomic mass is 35.5. The predicted octanol–water partition coefficient (Wildman–Crippen LogP) is 4.36. The molecule has 0 amide bonds. The predicted molar refractivity (Wildman–Crippen MR) is 72.4 cm³/mol. The van der Waals surface area contributed by atoms with Crippen molar-refractivity contribution in [3.8, 4) is 5.75 Å². The summed E-state index contributed by atoms with van der Waals surface area (Å²) in [6.45, 7) is -2.86. The number of pyridine rings is 2. The van der Waals surface area contributed by atoms with Crippen LogP contribution in [0.15, 0.2) is 30.6 Å². The fourth-order valence-corrected chi connectivity index (χ4v) is 1.82. The second-order valence-corrected chi connectivity index (χ2v) is 4.68. The van der Waals surface area contributed by atoms with E-state index in [4.69, 9.17) is 11.6 Å². The second-order valence-electron chi connectivity index (χ2n) is 4.27. The average Bonchev–Trinajstić information content (AvgIpc) is 2.46. The molecule has 0 aliphatic carbocycles. The fourth-order valence-electron chi connectivity index (χ4n) is 1.59. The Morgan fingerprint density at radius 2 is 1.91 bits per heavy atom. The zero-order valence-corrected chi connectivity index (χ0v) is 12.0. The van der Waals surface area contributed by atoms with Gasteiger partial charge >= 0.3 is 12.8 Å². The van der Waals surface area contributed by atoms with E-state index in [1.54, 1.807) is 0 Å². The minimum absolute atomic E-state index is 0.0503. The third-order valence-electron chi connectivity index (χ3n) is 2.63. The Labute approximate surface area is 132 Å². The number of alkyl halides is 5. The minimum atomic E-state index is -4.53. The summed E-state index contributed by atoms with van der Waals surface area (Å²) in [5.74, 6) is -0.0520. The quantitative estimate of drug-likeness (QED) is 0.811. The zero-order valence-electron chi connectivity index (χ0n) is 11.2. The van der Waals surface area contributed by atoms with E-state index in [-0.39, 0.29) is 23.1 Å². The first-order chi connectivity index (χ1) is 10.8. The molecule has 1 N–H and O–H groups in total. The van der Waals surface area contributed by atoms with Crippen molar-refractivity contribution >= 4 is 17.4 Å². The van der Waals surface area contributed by atoms with Crippen molar-refractivity contribution in [1.29, 1.82) is 0 Å². The van der Waals surface area contributed by atoms with Crippen LogP contribution in [0.4, 0.5) is 27.8 Å². The van der Waals surface area contributed by atoms with Gasteiger partial charge in [0.15, 0.2) is 0 Å². The van der Waals surface area contributed by atoms with E-state index < -0.39 is 18.4 Å². The third kappa shape index (κ3) is 4.92. The van der Waals surface area contributed by atoms with E-state index in [0.29, 0.717) is 11.9 Å². The molecule has 23 heavy (non-hydrogen) atoms. The normalized spacial score (nSPS) is 11.6. The molecule has 0 atom stereocenters. The van der Waals surface area contributed by atoms with Crippen LogP contribution in [0, 0.1) is 0 Å².